The van der Waals surface area contributed by atoms with Crippen molar-refractivity contribution < 1.29 is 19.4 Å². The third-order valence-electron chi connectivity index (χ3n) is 3.01. The van der Waals surface area contributed by atoms with Crippen LogP contribution in [0.5, 0.6) is 5.75 Å². The van der Waals surface area contributed by atoms with Gasteiger partial charge in [0, 0.05) is 6.42 Å². The molecule has 0 saturated heterocycles. The number of hydrogen-bond acceptors (Lipinski definition) is 5. The van der Waals surface area contributed by atoms with Crippen molar-refractivity contribution in [3.63, 3.8) is 0 Å². The van der Waals surface area contributed by atoms with E-state index in [4.69, 9.17) is 4.74 Å². The lowest BCUT2D eigenvalue weighted by atomic mass is 9.85. The molecular weight excluding hydrogens is 234 g/mol. The molecule has 0 saturated carbocycles. The van der Waals surface area contributed by atoms with E-state index in [-0.39, 0.29) is 12.2 Å². The van der Waals surface area contributed by atoms with Crippen LogP contribution in [0.25, 0.3) is 0 Å². The molecule has 0 aliphatic carbocycles. The molecule has 0 aliphatic rings. The van der Waals surface area contributed by atoms with Crippen LogP contribution in [0, 0.1) is 0 Å². The second-order valence-electron chi connectivity index (χ2n) is 4.16. The average Bonchev–Trinajstić information content (AvgIpc) is 2.36. The number of rotatable bonds is 5. The van der Waals surface area contributed by atoms with E-state index in [1.807, 2.05) is 0 Å². The molecule has 1 atom stereocenters. The van der Waals surface area contributed by atoms with E-state index in [1.54, 1.807) is 31.1 Å². The third-order valence-corrected chi connectivity index (χ3v) is 3.01. The highest BCUT2D eigenvalue weighted by Crippen LogP contribution is 2.32. The number of carbonyl (C=O) groups excluding carboxylic acids is 2. The van der Waals surface area contributed by atoms with Gasteiger partial charge in [-0.25, -0.2) is 4.79 Å². The van der Waals surface area contributed by atoms with Gasteiger partial charge in [-0.05, 0) is 31.8 Å². The predicted molar refractivity (Wildman–Crippen MR) is 66.2 cm³/mol. The van der Waals surface area contributed by atoms with Gasteiger partial charge in [0.15, 0.2) is 5.54 Å². The Hall–Kier alpha value is -1.88. The van der Waals surface area contributed by atoms with E-state index in [9.17, 15) is 14.7 Å². The predicted octanol–water partition coefficient (Wildman–Crippen LogP) is 0.911. The molecule has 5 nitrogen and oxygen atoms in total. The number of likely N-dealkylation sites (N-methyl/N-ethyl adjacent to an activating group) is 1. The second kappa shape index (κ2) is 5.64. The summed E-state index contributed by atoms with van der Waals surface area (Å²) in [5, 5.41) is 9.29. The maximum Gasteiger partial charge on any atom is 0.331 e. The summed E-state index contributed by atoms with van der Waals surface area (Å²) in [6.45, 7) is 0. The zero-order valence-corrected chi connectivity index (χ0v) is 10.7. The van der Waals surface area contributed by atoms with Gasteiger partial charge < -0.3 is 14.6 Å². The summed E-state index contributed by atoms with van der Waals surface area (Å²) in [5.41, 5.74) is -0.561. The molecule has 1 unspecified atom stereocenters. The molecule has 18 heavy (non-hydrogen) atoms. The Bertz CT molecular complexity index is 427. The molecule has 0 radical (unpaired) electrons. The lowest BCUT2D eigenvalue weighted by molar-refractivity contribution is -0.156. The fourth-order valence-electron chi connectivity index (χ4n) is 1.97. The van der Waals surface area contributed by atoms with Gasteiger partial charge >= 0.3 is 5.97 Å². The Labute approximate surface area is 106 Å². The molecule has 0 aromatic heterocycles. The average molecular weight is 251 g/mol. The van der Waals surface area contributed by atoms with Crippen LogP contribution in [0.1, 0.15) is 12.0 Å². The maximum atomic E-state index is 12.1. The highest BCUT2D eigenvalue weighted by molar-refractivity contribution is 5.85. The van der Waals surface area contributed by atoms with Crippen molar-refractivity contribution in [2.75, 3.05) is 21.2 Å². The number of phenolic OH excluding ortho intramolecular Hbond substituents is 1. The Kier molecular flexibility index (Phi) is 4.44. The minimum absolute atomic E-state index is 0.0164. The number of esters is 1. The summed E-state index contributed by atoms with van der Waals surface area (Å²) in [6.07, 6.45) is 0.668. The fourth-order valence-corrected chi connectivity index (χ4v) is 1.97. The second-order valence-corrected chi connectivity index (χ2v) is 4.16. The first-order valence-corrected chi connectivity index (χ1v) is 5.48. The smallest absolute Gasteiger partial charge is 0.331 e. The minimum atomic E-state index is -1.16. The van der Waals surface area contributed by atoms with Gasteiger partial charge in [-0.15, -0.1) is 0 Å². The van der Waals surface area contributed by atoms with E-state index in [0.717, 1.165) is 0 Å². The van der Waals surface area contributed by atoms with Crippen LogP contribution < -0.4 is 0 Å². The number of ether oxygens (including phenoxy) is 1. The highest BCUT2D eigenvalue weighted by atomic mass is 16.5. The van der Waals surface area contributed by atoms with Gasteiger partial charge in [-0.2, -0.15) is 0 Å². The van der Waals surface area contributed by atoms with Crippen LogP contribution in [-0.4, -0.2) is 43.5 Å². The Morgan fingerprint density at radius 2 is 1.94 bits per heavy atom. The highest BCUT2D eigenvalue weighted by Gasteiger charge is 2.43. The van der Waals surface area contributed by atoms with E-state index in [2.05, 4.69) is 0 Å². The molecule has 0 fully saturated rings. The maximum absolute atomic E-state index is 12.1. The topological polar surface area (TPSA) is 66.8 Å². The molecule has 0 aliphatic heterocycles. The molecular formula is C13H17NO4. The van der Waals surface area contributed by atoms with Crippen molar-refractivity contribution in [2.45, 2.75) is 12.0 Å². The first kappa shape index (κ1) is 14.2. The monoisotopic (exact) mass is 251 g/mol. The Balaban J connectivity index is 3.37. The number of benzene rings is 1. The zero-order valence-electron chi connectivity index (χ0n) is 10.7. The SMILES string of the molecule is COC(=O)C(CC=O)(c1ccc(O)cc1)N(C)C. The van der Waals surface area contributed by atoms with E-state index in [1.165, 1.54) is 19.2 Å². The number of phenols is 1. The molecule has 0 heterocycles. The largest absolute Gasteiger partial charge is 0.508 e. The van der Waals surface area contributed by atoms with Gasteiger partial charge in [0.2, 0.25) is 0 Å². The van der Waals surface area contributed by atoms with Crippen LogP contribution in [0.4, 0.5) is 0 Å². The van der Waals surface area contributed by atoms with Crippen LogP contribution >= 0.6 is 0 Å². The number of aromatic hydroxyl groups is 1. The molecule has 0 amide bonds. The normalized spacial score (nSPS) is 14.0. The lowest BCUT2D eigenvalue weighted by Gasteiger charge is -2.36. The summed E-state index contributed by atoms with van der Waals surface area (Å²) in [5.74, 6) is -0.410. The van der Waals surface area contributed by atoms with E-state index >= 15 is 0 Å². The molecule has 5 heteroatoms. The van der Waals surface area contributed by atoms with Gasteiger partial charge in [0.1, 0.15) is 12.0 Å². The van der Waals surface area contributed by atoms with Gasteiger partial charge in [0.25, 0.3) is 0 Å². The number of carbonyl (C=O) groups is 2. The van der Waals surface area contributed by atoms with E-state index < -0.39 is 11.5 Å². The lowest BCUT2D eigenvalue weighted by Crippen LogP contribution is -2.49. The van der Waals surface area contributed by atoms with Crippen molar-refractivity contribution in [1.29, 1.82) is 0 Å². The van der Waals surface area contributed by atoms with Crippen LogP contribution in [0.3, 0.4) is 0 Å². The molecule has 0 bridgehead atoms. The minimum Gasteiger partial charge on any atom is -0.508 e. The zero-order chi connectivity index (χ0) is 13.8. The van der Waals surface area contributed by atoms with Crippen molar-refractivity contribution in [1.82, 2.24) is 4.90 Å². The molecule has 1 N–H and O–H groups in total. The standard InChI is InChI=1S/C13H17NO4/c1-14(2)13(8-9-15,12(17)18-3)10-4-6-11(16)7-5-10/h4-7,9,16H,8H2,1-3H3. The molecule has 98 valence electrons. The molecule has 1 aromatic rings. The van der Waals surface area contributed by atoms with Gasteiger partial charge in [-0.3, -0.25) is 4.90 Å². The van der Waals surface area contributed by atoms with Gasteiger partial charge in [0.05, 0.1) is 7.11 Å². The number of hydrogen-bond donors (Lipinski definition) is 1. The van der Waals surface area contributed by atoms with Crippen molar-refractivity contribution in [2.24, 2.45) is 0 Å². The van der Waals surface area contributed by atoms with E-state index in [0.29, 0.717) is 11.8 Å². The quantitative estimate of drug-likeness (QED) is 0.622. The van der Waals surface area contributed by atoms with Crippen LogP contribution in [-0.2, 0) is 19.9 Å². The summed E-state index contributed by atoms with van der Waals surface area (Å²) in [4.78, 5) is 24.6. The number of aldehydes is 1. The number of methoxy groups -OCH3 is 1. The summed E-state index contributed by atoms with van der Waals surface area (Å²) in [6, 6.07) is 6.16. The number of nitrogens with zero attached hydrogens (tertiary/aromatic N) is 1. The van der Waals surface area contributed by atoms with Crippen LogP contribution in [0.15, 0.2) is 24.3 Å². The van der Waals surface area contributed by atoms with Crippen molar-refractivity contribution >= 4 is 12.3 Å². The molecule has 1 aromatic carbocycles. The summed E-state index contributed by atoms with van der Waals surface area (Å²) >= 11 is 0. The first-order chi connectivity index (χ1) is 8.48. The Morgan fingerprint density at radius 3 is 2.33 bits per heavy atom. The van der Waals surface area contributed by atoms with Crippen LogP contribution in [0.2, 0.25) is 0 Å². The third kappa shape index (κ3) is 2.36. The summed E-state index contributed by atoms with van der Waals surface area (Å²) < 4.78 is 4.81. The van der Waals surface area contributed by atoms with Crippen molar-refractivity contribution in [3.05, 3.63) is 29.8 Å². The summed E-state index contributed by atoms with van der Waals surface area (Å²) in [7, 11) is 4.69. The molecule has 0 spiro atoms. The molecule has 1 rings (SSSR count). The Morgan fingerprint density at radius 1 is 1.39 bits per heavy atom. The fraction of sp³-hybridized carbons (Fsp3) is 0.385. The first-order valence-electron chi connectivity index (χ1n) is 5.48. The van der Waals surface area contributed by atoms with Crippen molar-refractivity contribution in [3.8, 4) is 5.75 Å². The van der Waals surface area contributed by atoms with Gasteiger partial charge in [-0.1, -0.05) is 12.1 Å².